The molecular weight excluding hydrogens is 226 g/mol. The highest BCUT2D eigenvalue weighted by Gasteiger charge is 2.31. The summed E-state index contributed by atoms with van der Waals surface area (Å²) in [5.41, 5.74) is 2.33. The number of hydrogen-bond donors (Lipinski definition) is 1. The number of likely N-dealkylation sites (tertiary alicyclic amines) is 1. The molecule has 2 rings (SSSR count). The molecule has 0 aromatic carbocycles. The van der Waals surface area contributed by atoms with Gasteiger partial charge in [-0.3, -0.25) is 9.78 Å². The van der Waals surface area contributed by atoms with Crippen LogP contribution in [0.5, 0.6) is 0 Å². The van der Waals surface area contributed by atoms with Gasteiger partial charge >= 0.3 is 0 Å². The van der Waals surface area contributed by atoms with Gasteiger partial charge in [0.05, 0.1) is 6.04 Å². The van der Waals surface area contributed by atoms with Crippen molar-refractivity contribution < 1.29 is 4.79 Å². The molecule has 0 radical (unpaired) electrons. The van der Waals surface area contributed by atoms with Crippen LogP contribution in [0.15, 0.2) is 18.5 Å². The lowest BCUT2D eigenvalue weighted by Crippen LogP contribution is -2.41. The monoisotopic (exact) mass is 247 g/mol. The lowest BCUT2D eigenvalue weighted by atomic mass is 10.1. The maximum absolute atomic E-state index is 12.2. The number of amides is 1. The molecule has 0 aliphatic carbocycles. The van der Waals surface area contributed by atoms with E-state index in [2.05, 4.69) is 31.1 Å². The lowest BCUT2D eigenvalue weighted by molar-refractivity contribution is -0.130. The number of rotatable bonds is 4. The molecule has 1 aliphatic rings. The zero-order valence-corrected chi connectivity index (χ0v) is 11.3. The van der Waals surface area contributed by atoms with Crippen molar-refractivity contribution in [2.24, 2.45) is 0 Å². The van der Waals surface area contributed by atoms with E-state index < -0.39 is 0 Å². The molecule has 1 saturated heterocycles. The second-order valence-corrected chi connectivity index (χ2v) is 5.22. The Morgan fingerprint density at radius 2 is 2.33 bits per heavy atom. The third kappa shape index (κ3) is 2.88. The molecule has 0 bridgehead atoms. The average Bonchev–Trinajstić information content (AvgIpc) is 2.64. The van der Waals surface area contributed by atoms with Crippen LogP contribution in [0.25, 0.3) is 0 Å². The number of carbonyl (C=O) groups excluding carboxylic acids is 1. The first kappa shape index (κ1) is 13.0. The number of aromatic nitrogens is 1. The highest BCUT2D eigenvalue weighted by Crippen LogP contribution is 2.16. The molecule has 1 atom stereocenters. The second-order valence-electron chi connectivity index (χ2n) is 5.22. The summed E-state index contributed by atoms with van der Waals surface area (Å²) in [5.74, 6) is 0.215. The maximum atomic E-state index is 12.2. The summed E-state index contributed by atoms with van der Waals surface area (Å²) in [4.78, 5) is 18.2. The highest BCUT2D eigenvalue weighted by molar-refractivity contribution is 5.84. The summed E-state index contributed by atoms with van der Waals surface area (Å²) in [6, 6.07) is 2.32. The van der Waals surface area contributed by atoms with Gasteiger partial charge in [0.2, 0.25) is 5.91 Å². The summed E-state index contributed by atoms with van der Waals surface area (Å²) in [7, 11) is 0. The van der Waals surface area contributed by atoms with Gasteiger partial charge in [0.15, 0.2) is 0 Å². The average molecular weight is 247 g/mol. The summed E-state index contributed by atoms with van der Waals surface area (Å²) in [5, 5.41) is 3.31. The van der Waals surface area contributed by atoms with Crippen LogP contribution in [0.1, 0.15) is 31.4 Å². The van der Waals surface area contributed by atoms with Crippen LogP contribution in [0, 0.1) is 6.92 Å². The minimum atomic E-state index is -0.0121. The van der Waals surface area contributed by atoms with Crippen LogP contribution in [0.3, 0.4) is 0 Å². The second kappa shape index (κ2) is 5.48. The van der Waals surface area contributed by atoms with Crippen molar-refractivity contribution in [3.8, 4) is 0 Å². The zero-order chi connectivity index (χ0) is 13.1. The van der Waals surface area contributed by atoms with E-state index in [4.69, 9.17) is 0 Å². The van der Waals surface area contributed by atoms with E-state index in [1.54, 1.807) is 6.20 Å². The van der Waals surface area contributed by atoms with Gasteiger partial charge in [-0.05, 0) is 30.5 Å². The van der Waals surface area contributed by atoms with Crippen LogP contribution < -0.4 is 5.32 Å². The lowest BCUT2D eigenvalue weighted by Gasteiger charge is -2.19. The molecule has 1 amide bonds. The van der Waals surface area contributed by atoms with Crippen molar-refractivity contribution in [2.75, 3.05) is 6.54 Å². The van der Waals surface area contributed by atoms with E-state index >= 15 is 0 Å². The Morgan fingerprint density at radius 3 is 3.00 bits per heavy atom. The standard InChI is InChI=1S/C14H21N3O/c1-10(2)16-13-5-7-17(14(13)18)9-12-8-15-6-4-11(12)3/h4,6,8,10,13,16H,5,7,9H2,1-3H3. The number of nitrogens with zero attached hydrogens (tertiary/aromatic N) is 2. The molecule has 0 saturated carbocycles. The van der Waals surface area contributed by atoms with Crippen molar-refractivity contribution in [1.82, 2.24) is 15.2 Å². The predicted octanol–water partition coefficient (Wildman–Crippen LogP) is 1.49. The Morgan fingerprint density at radius 1 is 1.56 bits per heavy atom. The first-order chi connectivity index (χ1) is 8.58. The molecule has 18 heavy (non-hydrogen) atoms. The molecule has 98 valence electrons. The van der Waals surface area contributed by atoms with Crippen LogP contribution in [-0.2, 0) is 11.3 Å². The fraction of sp³-hybridized carbons (Fsp3) is 0.571. The Bertz CT molecular complexity index is 431. The number of hydrogen-bond acceptors (Lipinski definition) is 3. The van der Waals surface area contributed by atoms with Gasteiger partial charge in [0.1, 0.15) is 0 Å². The van der Waals surface area contributed by atoms with E-state index in [0.29, 0.717) is 12.6 Å². The normalized spacial score (nSPS) is 19.9. The van der Waals surface area contributed by atoms with Gasteiger partial charge in [0.25, 0.3) is 0 Å². The predicted molar refractivity (Wildman–Crippen MR) is 71.1 cm³/mol. The summed E-state index contributed by atoms with van der Waals surface area (Å²) >= 11 is 0. The smallest absolute Gasteiger partial charge is 0.240 e. The SMILES string of the molecule is Cc1ccncc1CN1CCC(NC(C)C)C1=O. The van der Waals surface area contributed by atoms with E-state index in [1.807, 2.05) is 17.2 Å². The van der Waals surface area contributed by atoms with Crippen molar-refractivity contribution in [2.45, 2.75) is 45.8 Å². The molecular formula is C14H21N3O. The zero-order valence-electron chi connectivity index (χ0n) is 11.3. The highest BCUT2D eigenvalue weighted by atomic mass is 16.2. The molecule has 4 nitrogen and oxygen atoms in total. The Hall–Kier alpha value is -1.42. The topological polar surface area (TPSA) is 45.2 Å². The summed E-state index contributed by atoms with van der Waals surface area (Å²) in [6.07, 6.45) is 4.54. The van der Waals surface area contributed by atoms with Gasteiger partial charge in [0, 0.05) is 31.5 Å². The molecule has 1 aromatic rings. The van der Waals surface area contributed by atoms with Gasteiger partial charge in [-0.15, -0.1) is 0 Å². The van der Waals surface area contributed by atoms with Crippen LogP contribution in [0.2, 0.25) is 0 Å². The molecule has 1 unspecified atom stereocenters. The molecule has 1 fully saturated rings. The first-order valence-electron chi connectivity index (χ1n) is 6.52. The number of carbonyl (C=O) groups is 1. The van der Waals surface area contributed by atoms with E-state index in [-0.39, 0.29) is 11.9 Å². The van der Waals surface area contributed by atoms with Crippen molar-refractivity contribution >= 4 is 5.91 Å². The molecule has 2 heterocycles. The minimum absolute atomic E-state index is 0.0121. The third-order valence-corrected chi connectivity index (χ3v) is 3.34. The van der Waals surface area contributed by atoms with Crippen LogP contribution >= 0.6 is 0 Å². The Kier molecular flexibility index (Phi) is 3.97. The molecule has 4 heteroatoms. The van der Waals surface area contributed by atoms with Crippen molar-refractivity contribution in [3.05, 3.63) is 29.6 Å². The molecule has 1 aromatic heterocycles. The first-order valence-corrected chi connectivity index (χ1v) is 6.52. The van der Waals surface area contributed by atoms with Gasteiger partial charge in [-0.2, -0.15) is 0 Å². The largest absolute Gasteiger partial charge is 0.337 e. The van der Waals surface area contributed by atoms with Crippen LogP contribution in [0.4, 0.5) is 0 Å². The van der Waals surface area contributed by atoms with Crippen LogP contribution in [-0.4, -0.2) is 34.4 Å². The summed E-state index contributed by atoms with van der Waals surface area (Å²) < 4.78 is 0. The van der Waals surface area contributed by atoms with Gasteiger partial charge in [-0.25, -0.2) is 0 Å². The van der Waals surface area contributed by atoms with Gasteiger partial charge in [-0.1, -0.05) is 13.8 Å². The third-order valence-electron chi connectivity index (χ3n) is 3.34. The molecule has 0 spiro atoms. The maximum Gasteiger partial charge on any atom is 0.240 e. The Balaban J connectivity index is 2.00. The molecule has 1 N–H and O–H groups in total. The fourth-order valence-corrected chi connectivity index (χ4v) is 2.32. The van der Waals surface area contributed by atoms with Gasteiger partial charge < -0.3 is 10.2 Å². The number of nitrogens with one attached hydrogen (secondary N) is 1. The van der Waals surface area contributed by atoms with E-state index in [1.165, 1.54) is 5.56 Å². The fourth-order valence-electron chi connectivity index (χ4n) is 2.32. The van der Waals surface area contributed by atoms with Crippen molar-refractivity contribution in [3.63, 3.8) is 0 Å². The van der Waals surface area contributed by atoms with E-state index in [9.17, 15) is 4.79 Å². The quantitative estimate of drug-likeness (QED) is 0.876. The number of pyridine rings is 1. The van der Waals surface area contributed by atoms with E-state index in [0.717, 1.165) is 18.5 Å². The minimum Gasteiger partial charge on any atom is -0.337 e. The molecule has 1 aliphatic heterocycles. The summed E-state index contributed by atoms with van der Waals surface area (Å²) in [6.45, 7) is 7.70. The Labute approximate surface area is 108 Å². The number of aryl methyl sites for hydroxylation is 1. The van der Waals surface area contributed by atoms with Crippen molar-refractivity contribution in [1.29, 1.82) is 0 Å².